The van der Waals surface area contributed by atoms with E-state index < -0.39 is 8.07 Å². The van der Waals surface area contributed by atoms with Crippen LogP contribution in [0.1, 0.15) is 40.5 Å². The first kappa shape index (κ1) is 26.6. The molecule has 0 N–H and O–H groups in total. The molecule has 2 aliphatic rings. The summed E-state index contributed by atoms with van der Waals surface area (Å²) in [6, 6.07) is 25.5. The zero-order valence-electron chi connectivity index (χ0n) is 22.4. The van der Waals surface area contributed by atoms with Gasteiger partial charge in [0.2, 0.25) is 0 Å². The molecule has 35 heavy (non-hydrogen) atoms. The Balaban J connectivity index is 1.54. The zero-order chi connectivity index (χ0) is 24.7. The highest BCUT2D eigenvalue weighted by Gasteiger charge is 2.38. The Labute approximate surface area is 214 Å². The second kappa shape index (κ2) is 12.6. The van der Waals surface area contributed by atoms with E-state index in [1.807, 2.05) is 0 Å². The largest absolute Gasteiger partial charge is 0.362 e. The molecule has 0 radical (unpaired) electrons. The number of nitrogens with zero attached hydrogens (tertiary/aromatic N) is 2. The van der Waals surface area contributed by atoms with Crippen LogP contribution < -0.4 is 10.4 Å². The third-order valence-electron chi connectivity index (χ3n) is 7.95. The first-order chi connectivity index (χ1) is 17.0. The molecule has 0 amide bonds. The number of ether oxygens (including phenoxy) is 2. The van der Waals surface area contributed by atoms with Crippen molar-refractivity contribution in [1.29, 1.82) is 0 Å². The van der Waals surface area contributed by atoms with Crippen LogP contribution in [0.5, 0.6) is 0 Å². The Kier molecular flexibility index (Phi) is 9.59. The molecular formula is C30H46N2O2Si. The lowest BCUT2D eigenvalue weighted by molar-refractivity contribution is -0.00177. The Morgan fingerprint density at radius 3 is 1.46 bits per heavy atom. The van der Waals surface area contributed by atoms with Gasteiger partial charge in [-0.3, -0.25) is 9.80 Å². The summed E-state index contributed by atoms with van der Waals surface area (Å²) in [6.45, 7) is 15.3. The lowest BCUT2D eigenvalue weighted by atomic mass is 10.2. The molecule has 0 aromatic heterocycles. The van der Waals surface area contributed by atoms with Gasteiger partial charge < -0.3 is 9.47 Å². The average molecular weight is 495 g/mol. The molecule has 2 aromatic rings. The highest BCUT2D eigenvalue weighted by atomic mass is 28.3. The van der Waals surface area contributed by atoms with Gasteiger partial charge >= 0.3 is 0 Å². The van der Waals surface area contributed by atoms with E-state index in [-0.39, 0.29) is 12.5 Å². The molecule has 2 fully saturated rings. The predicted octanol–water partition coefficient (Wildman–Crippen LogP) is 4.66. The summed E-state index contributed by atoms with van der Waals surface area (Å²) in [7, 11) is -1.92. The number of rotatable bonds is 12. The molecule has 0 spiro atoms. The van der Waals surface area contributed by atoms with Crippen molar-refractivity contribution in [2.24, 2.45) is 11.8 Å². The molecule has 4 nitrogen and oxygen atoms in total. The number of hydrogen-bond donors (Lipinski definition) is 0. The number of benzene rings is 2. The average Bonchev–Trinajstić information content (AvgIpc) is 3.54. The van der Waals surface area contributed by atoms with Crippen LogP contribution in [0.3, 0.4) is 0 Å². The Hall–Kier alpha value is -1.50. The topological polar surface area (TPSA) is 24.9 Å². The normalized spacial score (nSPS) is 22.0. The van der Waals surface area contributed by atoms with Gasteiger partial charge in [-0.15, -0.1) is 0 Å². The third kappa shape index (κ3) is 6.44. The molecule has 0 saturated carbocycles. The van der Waals surface area contributed by atoms with Crippen LogP contribution >= 0.6 is 0 Å². The van der Waals surface area contributed by atoms with Crippen LogP contribution in [0, 0.1) is 11.8 Å². The van der Waals surface area contributed by atoms with Crippen LogP contribution in [-0.2, 0) is 9.47 Å². The first-order valence-electron chi connectivity index (χ1n) is 13.8. The summed E-state index contributed by atoms with van der Waals surface area (Å²) in [5.41, 5.74) is 0. The van der Waals surface area contributed by atoms with Crippen molar-refractivity contribution in [3.05, 3.63) is 60.7 Å². The van der Waals surface area contributed by atoms with Crippen molar-refractivity contribution in [2.45, 2.75) is 65.1 Å². The summed E-state index contributed by atoms with van der Waals surface area (Å²) in [5.74, 6) is 1.08. The number of hydrogen-bond acceptors (Lipinski definition) is 4. The van der Waals surface area contributed by atoms with Crippen molar-refractivity contribution in [3.8, 4) is 0 Å². The van der Waals surface area contributed by atoms with Gasteiger partial charge in [0, 0.05) is 26.2 Å². The fourth-order valence-corrected chi connectivity index (χ4v) is 11.2. The van der Waals surface area contributed by atoms with Crippen molar-refractivity contribution in [3.63, 3.8) is 0 Å². The monoisotopic (exact) mass is 494 g/mol. The van der Waals surface area contributed by atoms with E-state index in [4.69, 9.17) is 9.47 Å². The fraction of sp³-hybridized carbons (Fsp3) is 0.600. The lowest BCUT2D eigenvalue weighted by Crippen LogP contribution is -2.58. The molecule has 2 atom stereocenters. The van der Waals surface area contributed by atoms with E-state index in [1.165, 1.54) is 24.9 Å². The zero-order valence-corrected chi connectivity index (χ0v) is 23.4. The van der Waals surface area contributed by atoms with Gasteiger partial charge in [-0.25, -0.2) is 0 Å². The van der Waals surface area contributed by atoms with Crippen molar-refractivity contribution in [1.82, 2.24) is 9.80 Å². The van der Waals surface area contributed by atoms with E-state index in [9.17, 15) is 0 Å². The molecule has 4 rings (SSSR count). The fourth-order valence-electron chi connectivity index (χ4n) is 6.30. The van der Waals surface area contributed by atoms with E-state index in [0.29, 0.717) is 11.8 Å². The van der Waals surface area contributed by atoms with Gasteiger partial charge in [-0.2, -0.15) is 0 Å². The molecule has 0 bridgehead atoms. The van der Waals surface area contributed by atoms with Crippen LogP contribution in [0.4, 0.5) is 0 Å². The highest BCUT2D eigenvalue weighted by molar-refractivity contribution is 7.02. The molecule has 2 aliphatic heterocycles. The van der Waals surface area contributed by atoms with Crippen molar-refractivity contribution >= 4 is 18.4 Å². The molecule has 2 saturated heterocycles. The second-order valence-corrected chi connectivity index (χ2v) is 15.4. The predicted molar refractivity (Wildman–Crippen MR) is 149 cm³/mol. The van der Waals surface area contributed by atoms with Crippen LogP contribution in [0.2, 0.25) is 12.1 Å². The first-order valence-corrected chi connectivity index (χ1v) is 16.2. The van der Waals surface area contributed by atoms with E-state index in [0.717, 1.165) is 39.4 Å². The maximum Gasteiger partial charge on any atom is 0.118 e. The third-order valence-corrected chi connectivity index (χ3v) is 13.2. The standard InChI is InChI=1S/C30H46N2O2Si/c1-25(2)29-31(19-21-33-29)17-11-23-35(27-13-7-5-8-14-27,28-15-9-6-10-16-28)24-12-18-32-20-22-34-30(32)26(3)4/h5-10,13-16,25-26,29-30H,11-12,17-24H2,1-4H3. The summed E-state index contributed by atoms with van der Waals surface area (Å²) in [6.07, 6.45) is 3.01. The van der Waals surface area contributed by atoms with Gasteiger partial charge in [0.1, 0.15) is 20.5 Å². The Morgan fingerprint density at radius 2 is 1.09 bits per heavy atom. The summed E-state index contributed by atoms with van der Waals surface area (Å²) in [4.78, 5) is 5.16. The van der Waals surface area contributed by atoms with Crippen LogP contribution in [0.25, 0.3) is 0 Å². The van der Waals surface area contributed by atoms with Crippen molar-refractivity contribution < 1.29 is 9.47 Å². The van der Waals surface area contributed by atoms with E-state index in [1.54, 1.807) is 10.4 Å². The quantitative estimate of drug-likeness (QED) is 0.401. The summed E-state index contributed by atoms with van der Waals surface area (Å²) >= 11 is 0. The summed E-state index contributed by atoms with van der Waals surface area (Å²) < 4.78 is 12.1. The molecule has 2 heterocycles. The van der Waals surface area contributed by atoms with Crippen molar-refractivity contribution in [2.75, 3.05) is 39.4 Å². The molecule has 2 aromatic carbocycles. The van der Waals surface area contributed by atoms with Gasteiger partial charge in [-0.1, -0.05) is 98.7 Å². The van der Waals surface area contributed by atoms with E-state index >= 15 is 0 Å². The van der Waals surface area contributed by atoms with Gasteiger partial charge in [0.25, 0.3) is 0 Å². The second-order valence-electron chi connectivity index (χ2n) is 11.1. The van der Waals surface area contributed by atoms with Crippen LogP contribution in [0.15, 0.2) is 60.7 Å². The minimum Gasteiger partial charge on any atom is -0.362 e. The lowest BCUT2D eigenvalue weighted by Gasteiger charge is -2.35. The Bertz CT molecular complexity index is 803. The van der Waals surface area contributed by atoms with Gasteiger partial charge in [-0.05, 0) is 36.8 Å². The molecular weight excluding hydrogens is 448 g/mol. The van der Waals surface area contributed by atoms with Gasteiger partial charge in [0.15, 0.2) is 0 Å². The molecule has 192 valence electrons. The minimum atomic E-state index is -1.92. The molecule has 5 heteroatoms. The maximum absolute atomic E-state index is 6.05. The highest BCUT2D eigenvalue weighted by Crippen LogP contribution is 2.25. The minimum absolute atomic E-state index is 0.280. The Morgan fingerprint density at radius 1 is 0.686 bits per heavy atom. The maximum atomic E-state index is 6.05. The van der Waals surface area contributed by atoms with Crippen LogP contribution in [-0.4, -0.2) is 69.7 Å². The summed E-state index contributed by atoms with van der Waals surface area (Å²) in [5, 5.41) is 3.17. The molecule has 2 unspecified atom stereocenters. The smallest absolute Gasteiger partial charge is 0.118 e. The van der Waals surface area contributed by atoms with Gasteiger partial charge in [0.05, 0.1) is 13.2 Å². The SMILES string of the molecule is CC(C)C1OCCN1CCC[Si](CCCN1CCOC1C(C)C)(c1ccccc1)c1ccccc1. The van der Waals surface area contributed by atoms with E-state index in [2.05, 4.69) is 98.2 Å². The molecule has 0 aliphatic carbocycles.